The number of fused-ring (bicyclic) bond motifs is 3. The van der Waals surface area contributed by atoms with Gasteiger partial charge in [-0.3, -0.25) is 0 Å². The van der Waals surface area contributed by atoms with Crippen LogP contribution in [0.4, 0.5) is 51.2 Å². The molecular formula is C58H46Cl2N4. The lowest BCUT2D eigenvalue weighted by Gasteiger charge is -2.29. The van der Waals surface area contributed by atoms with Crippen LogP contribution in [0, 0.1) is 27.7 Å². The third-order valence-corrected chi connectivity index (χ3v) is 12.8. The molecule has 10 aromatic rings. The molecule has 10 rings (SSSR count). The molecule has 0 amide bonds. The van der Waals surface area contributed by atoms with Crippen LogP contribution in [0.3, 0.4) is 0 Å². The first-order valence-electron chi connectivity index (χ1n) is 21.5. The number of hydrogen-bond donors (Lipinski definition) is 0. The van der Waals surface area contributed by atoms with Gasteiger partial charge in [0.1, 0.15) is 0 Å². The van der Waals surface area contributed by atoms with E-state index in [4.69, 9.17) is 23.2 Å². The molecule has 0 bridgehead atoms. The van der Waals surface area contributed by atoms with E-state index in [2.05, 4.69) is 253 Å². The molecule has 0 N–H and O–H groups in total. The number of benzene rings is 9. The molecule has 0 unspecified atom stereocenters. The summed E-state index contributed by atoms with van der Waals surface area (Å²) in [4.78, 5) is 6.94. The van der Waals surface area contributed by atoms with Gasteiger partial charge in [-0.2, -0.15) is 0 Å². The van der Waals surface area contributed by atoms with Gasteiger partial charge < -0.3 is 19.3 Å². The maximum atomic E-state index is 6.80. The first-order valence-corrected chi connectivity index (χ1v) is 22.3. The number of halogens is 2. The van der Waals surface area contributed by atoms with Crippen LogP contribution < -0.4 is 14.7 Å². The van der Waals surface area contributed by atoms with E-state index >= 15 is 0 Å². The van der Waals surface area contributed by atoms with E-state index in [-0.39, 0.29) is 0 Å². The molecule has 0 radical (unpaired) electrons. The van der Waals surface area contributed by atoms with E-state index in [9.17, 15) is 0 Å². The first kappa shape index (κ1) is 40.8. The van der Waals surface area contributed by atoms with Crippen LogP contribution in [0.25, 0.3) is 27.5 Å². The SMILES string of the molecule is Cc1cccc(N(c2ccccc2)c2ccc(N(c3ccc(N(c4ccccc4)c4cccc(C)c4)cc3)c3ccc(-n4c5cc(Cl)c(C)cc5c5cc(C)c(Cl)cc54)cc3)cc2)c1. The van der Waals surface area contributed by atoms with E-state index < -0.39 is 0 Å². The van der Waals surface area contributed by atoms with Crippen molar-refractivity contribution in [2.24, 2.45) is 0 Å². The average Bonchev–Trinajstić information content (AvgIpc) is 3.59. The van der Waals surface area contributed by atoms with E-state index in [1.165, 1.54) is 11.1 Å². The normalized spacial score (nSPS) is 11.3. The Kier molecular flexibility index (Phi) is 10.9. The van der Waals surface area contributed by atoms with Gasteiger partial charge in [-0.15, -0.1) is 0 Å². The first-order chi connectivity index (χ1) is 31.2. The van der Waals surface area contributed by atoms with Gasteiger partial charge in [-0.05, 0) is 196 Å². The molecule has 0 saturated heterocycles. The number of aromatic nitrogens is 1. The van der Waals surface area contributed by atoms with E-state index in [1.54, 1.807) is 0 Å². The summed E-state index contributed by atoms with van der Waals surface area (Å²) in [6.07, 6.45) is 0. The van der Waals surface area contributed by atoms with Crippen LogP contribution in [0.15, 0.2) is 206 Å². The molecule has 4 nitrogen and oxygen atoms in total. The molecule has 0 saturated carbocycles. The van der Waals surface area contributed by atoms with Crippen molar-refractivity contribution in [1.29, 1.82) is 0 Å². The fourth-order valence-electron chi connectivity index (χ4n) is 8.83. The number of anilines is 9. The molecule has 0 atom stereocenters. The lowest BCUT2D eigenvalue weighted by atomic mass is 10.1. The van der Waals surface area contributed by atoms with E-state index in [1.807, 2.05) is 0 Å². The van der Waals surface area contributed by atoms with Crippen LogP contribution in [0.5, 0.6) is 0 Å². The monoisotopic (exact) mass is 868 g/mol. The predicted molar refractivity (Wildman–Crippen MR) is 274 cm³/mol. The Morgan fingerprint density at radius 3 is 0.984 bits per heavy atom. The van der Waals surface area contributed by atoms with Gasteiger partial charge >= 0.3 is 0 Å². The molecule has 0 aliphatic heterocycles. The molecule has 1 heterocycles. The molecule has 9 aromatic carbocycles. The zero-order valence-electron chi connectivity index (χ0n) is 36.2. The zero-order valence-corrected chi connectivity index (χ0v) is 37.7. The Morgan fingerprint density at radius 2 is 0.625 bits per heavy atom. The molecule has 0 spiro atoms. The summed E-state index contributed by atoms with van der Waals surface area (Å²) in [5, 5.41) is 3.76. The van der Waals surface area contributed by atoms with E-state index in [0.29, 0.717) is 0 Å². The highest BCUT2D eigenvalue weighted by Gasteiger charge is 2.20. The third kappa shape index (κ3) is 7.77. The quantitative estimate of drug-likeness (QED) is 0.136. The van der Waals surface area contributed by atoms with Crippen LogP contribution in [0.2, 0.25) is 10.0 Å². The maximum absolute atomic E-state index is 6.80. The smallest absolute Gasteiger partial charge is 0.0556 e. The van der Waals surface area contributed by atoms with Gasteiger partial charge in [0.25, 0.3) is 0 Å². The second-order valence-corrected chi connectivity index (χ2v) is 17.3. The summed E-state index contributed by atoms with van der Waals surface area (Å²) in [7, 11) is 0. The Morgan fingerprint density at radius 1 is 0.312 bits per heavy atom. The summed E-state index contributed by atoms with van der Waals surface area (Å²) in [6, 6.07) is 73.4. The van der Waals surface area contributed by atoms with Gasteiger partial charge in [-0.25, -0.2) is 0 Å². The summed E-state index contributed by atoms with van der Waals surface area (Å²) < 4.78 is 2.27. The van der Waals surface area contributed by atoms with Gasteiger partial charge in [0.15, 0.2) is 0 Å². The minimum Gasteiger partial charge on any atom is -0.310 e. The topological polar surface area (TPSA) is 14.7 Å². The number of hydrogen-bond acceptors (Lipinski definition) is 3. The highest BCUT2D eigenvalue weighted by Crippen LogP contribution is 2.43. The minimum absolute atomic E-state index is 0.732. The number of aryl methyl sites for hydroxylation is 4. The molecule has 0 aliphatic rings. The van der Waals surface area contributed by atoms with Crippen LogP contribution in [-0.2, 0) is 0 Å². The zero-order chi connectivity index (χ0) is 43.9. The summed E-state index contributed by atoms with van der Waals surface area (Å²) in [5.41, 5.74) is 17.2. The fourth-order valence-corrected chi connectivity index (χ4v) is 9.15. The minimum atomic E-state index is 0.732. The van der Waals surface area contributed by atoms with Crippen molar-refractivity contribution in [2.75, 3.05) is 14.7 Å². The second kappa shape index (κ2) is 17.1. The predicted octanol–water partition coefficient (Wildman–Crippen LogP) is 17.7. The van der Waals surface area contributed by atoms with Gasteiger partial charge in [0.05, 0.1) is 11.0 Å². The Hall–Kier alpha value is -7.24. The Balaban J connectivity index is 1.10. The Bertz CT molecular complexity index is 3070. The standard InChI is InChI=1S/C58H46Cl2N4/c1-39-13-11-19-51(33-39)62(43-15-7-5-8-16-43)48-25-21-45(22-26-48)61(46-23-27-49(28-24-46)63(44-17-9-6-10-18-44)52-20-12-14-40(2)34-52)47-29-31-50(32-30-47)64-57-37-55(59)41(3)35-53(57)54-36-42(4)56(60)38-58(54)64/h5-38H,1-4H3. The average molecular weight is 870 g/mol. The lowest BCUT2D eigenvalue weighted by Crippen LogP contribution is -2.13. The molecule has 6 heteroatoms. The van der Waals surface area contributed by atoms with Crippen LogP contribution >= 0.6 is 23.2 Å². The summed E-state index contributed by atoms with van der Waals surface area (Å²) in [5.74, 6) is 0. The summed E-state index contributed by atoms with van der Waals surface area (Å²) >= 11 is 13.6. The molecule has 64 heavy (non-hydrogen) atoms. The molecule has 1 aromatic heterocycles. The number of para-hydroxylation sites is 2. The maximum Gasteiger partial charge on any atom is 0.0556 e. The number of rotatable bonds is 10. The van der Waals surface area contributed by atoms with E-state index in [0.717, 1.165) is 99.9 Å². The van der Waals surface area contributed by atoms with Crippen molar-refractivity contribution >= 4 is 96.2 Å². The van der Waals surface area contributed by atoms with Crippen molar-refractivity contribution < 1.29 is 0 Å². The van der Waals surface area contributed by atoms with Gasteiger partial charge in [0.2, 0.25) is 0 Å². The molecule has 312 valence electrons. The highest BCUT2D eigenvalue weighted by molar-refractivity contribution is 6.33. The molecule has 0 fully saturated rings. The highest BCUT2D eigenvalue weighted by atomic mass is 35.5. The van der Waals surface area contributed by atoms with Gasteiger partial charge in [-0.1, -0.05) is 83.9 Å². The molecule has 0 aliphatic carbocycles. The van der Waals surface area contributed by atoms with Crippen molar-refractivity contribution in [3.63, 3.8) is 0 Å². The fraction of sp³-hybridized carbons (Fsp3) is 0.0690. The summed E-state index contributed by atoms with van der Waals surface area (Å²) in [6.45, 7) is 8.38. The third-order valence-electron chi connectivity index (χ3n) is 12.0. The van der Waals surface area contributed by atoms with Crippen molar-refractivity contribution in [2.45, 2.75) is 27.7 Å². The number of nitrogens with zero attached hydrogens (tertiary/aromatic N) is 4. The largest absolute Gasteiger partial charge is 0.310 e. The van der Waals surface area contributed by atoms with Crippen LogP contribution in [0.1, 0.15) is 22.3 Å². The van der Waals surface area contributed by atoms with Crippen LogP contribution in [-0.4, -0.2) is 4.57 Å². The van der Waals surface area contributed by atoms with Gasteiger partial charge in [0, 0.05) is 77.7 Å². The van der Waals surface area contributed by atoms with Crippen molar-refractivity contribution in [3.05, 3.63) is 239 Å². The van der Waals surface area contributed by atoms with Crippen molar-refractivity contribution in [3.8, 4) is 5.69 Å². The second-order valence-electron chi connectivity index (χ2n) is 16.5. The lowest BCUT2D eigenvalue weighted by molar-refractivity contribution is 1.17. The molecular weight excluding hydrogens is 824 g/mol. The van der Waals surface area contributed by atoms with Crippen molar-refractivity contribution in [1.82, 2.24) is 4.57 Å². The Labute approximate surface area is 385 Å².